The highest BCUT2D eigenvalue weighted by Crippen LogP contribution is 2.35. The number of carbonyl (C=O) groups is 2. The standard InChI is InChI=1S/C24H48NO9P/c1-3-4-5-6-7-10-13-16-24(27)34-23(20-33-35(28,29)30)19-32-21-31-18-15-12-9-8-11-14-17-25-22(2)26/h23H,3-21H2,1-2H3,(H,25,26)(H2,28,29,30)/t23-/m1/s1. The summed E-state index contributed by atoms with van der Waals surface area (Å²) < 4.78 is 31.6. The van der Waals surface area contributed by atoms with Crippen LogP contribution in [0, 0.1) is 0 Å². The van der Waals surface area contributed by atoms with Crippen LogP contribution < -0.4 is 5.32 Å². The third kappa shape index (κ3) is 27.4. The van der Waals surface area contributed by atoms with Gasteiger partial charge in [0.1, 0.15) is 12.9 Å². The SMILES string of the molecule is CCCCCCCCCC(=O)O[C@H](COCOCCCCCCCCNC(C)=O)COP(=O)(O)O. The smallest absolute Gasteiger partial charge is 0.457 e. The third-order valence-electron chi connectivity index (χ3n) is 5.27. The van der Waals surface area contributed by atoms with Gasteiger partial charge in [0.25, 0.3) is 0 Å². The average Bonchev–Trinajstić information content (AvgIpc) is 2.79. The molecular formula is C24H48NO9P. The van der Waals surface area contributed by atoms with Crippen molar-refractivity contribution in [1.82, 2.24) is 5.32 Å². The van der Waals surface area contributed by atoms with Crippen molar-refractivity contribution in [3.05, 3.63) is 0 Å². The summed E-state index contributed by atoms with van der Waals surface area (Å²) >= 11 is 0. The van der Waals surface area contributed by atoms with Crippen LogP contribution in [0.5, 0.6) is 0 Å². The van der Waals surface area contributed by atoms with Crippen molar-refractivity contribution < 1.29 is 42.7 Å². The van der Waals surface area contributed by atoms with Gasteiger partial charge in [-0.3, -0.25) is 14.1 Å². The summed E-state index contributed by atoms with van der Waals surface area (Å²) in [4.78, 5) is 40.7. The Hall–Kier alpha value is -1.03. The van der Waals surface area contributed by atoms with Crippen molar-refractivity contribution in [3.8, 4) is 0 Å². The number of amides is 1. The molecule has 11 heteroatoms. The zero-order valence-electron chi connectivity index (χ0n) is 21.7. The Labute approximate surface area is 211 Å². The second-order valence-electron chi connectivity index (χ2n) is 8.77. The molecule has 0 bridgehead atoms. The fraction of sp³-hybridized carbons (Fsp3) is 0.917. The Morgan fingerprint density at radius 1 is 0.829 bits per heavy atom. The van der Waals surface area contributed by atoms with E-state index in [2.05, 4.69) is 16.8 Å². The number of carbonyl (C=O) groups excluding carboxylic acids is 2. The van der Waals surface area contributed by atoms with Crippen LogP contribution in [0.25, 0.3) is 0 Å². The lowest BCUT2D eigenvalue weighted by Gasteiger charge is -2.18. The molecule has 0 spiro atoms. The van der Waals surface area contributed by atoms with Crippen LogP contribution >= 0.6 is 7.82 Å². The van der Waals surface area contributed by atoms with Gasteiger partial charge in [-0.25, -0.2) is 4.57 Å². The number of phosphoric acid groups is 1. The Kier molecular flexibility index (Phi) is 22.7. The van der Waals surface area contributed by atoms with E-state index in [1.165, 1.54) is 26.2 Å². The molecule has 0 aromatic carbocycles. The maximum atomic E-state index is 12.1. The van der Waals surface area contributed by atoms with E-state index < -0.39 is 26.5 Å². The van der Waals surface area contributed by atoms with Crippen LogP contribution in [0.3, 0.4) is 0 Å². The van der Waals surface area contributed by atoms with E-state index in [-0.39, 0.29) is 25.7 Å². The van der Waals surface area contributed by atoms with Gasteiger partial charge in [0.05, 0.1) is 13.2 Å². The monoisotopic (exact) mass is 525 g/mol. The van der Waals surface area contributed by atoms with Crippen LogP contribution in [0.15, 0.2) is 0 Å². The van der Waals surface area contributed by atoms with E-state index in [1.807, 2.05) is 0 Å². The van der Waals surface area contributed by atoms with Crippen molar-refractivity contribution in [2.45, 2.75) is 110 Å². The summed E-state index contributed by atoms with van der Waals surface area (Å²) in [6, 6.07) is 0. The second kappa shape index (κ2) is 23.4. The van der Waals surface area contributed by atoms with Crippen LogP contribution in [-0.2, 0) is 32.9 Å². The number of nitrogens with one attached hydrogen (secondary N) is 1. The molecule has 35 heavy (non-hydrogen) atoms. The normalized spacial score (nSPS) is 12.5. The molecule has 0 saturated heterocycles. The largest absolute Gasteiger partial charge is 0.469 e. The number of hydrogen-bond acceptors (Lipinski definition) is 7. The zero-order valence-corrected chi connectivity index (χ0v) is 22.6. The number of unbranched alkanes of at least 4 members (excludes halogenated alkanes) is 11. The molecule has 0 fully saturated rings. The lowest BCUT2D eigenvalue weighted by molar-refractivity contribution is -0.158. The van der Waals surface area contributed by atoms with Crippen LogP contribution in [0.4, 0.5) is 0 Å². The van der Waals surface area contributed by atoms with Crippen molar-refractivity contribution in [2.75, 3.05) is 33.2 Å². The van der Waals surface area contributed by atoms with Crippen molar-refractivity contribution in [2.24, 2.45) is 0 Å². The second-order valence-corrected chi connectivity index (χ2v) is 10.0. The highest BCUT2D eigenvalue weighted by Gasteiger charge is 2.21. The van der Waals surface area contributed by atoms with E-state index in [0.29, 0.717) is 6.61 Å². The highest BCUT2D eigenvalue weighted by molar-refractivity contribution is 7.46. The lowest BCUT2D eigenvalue weighted by Crippen LogP contribution is -2.28. The van der Waals surface area contributed by atoms with Crippen molar-refractivity contribution in [1.29, 1.82) is 0 Å². The van der Waals surface area contributed by atoms with Gasteiger partial charge >= 0.3 is 13.8 Å². The molecule has 1 amide bonds. The van der Waals surface area contributed by atoms with Gasteiger partial charge in [0.15, 0.2) is 0 Å². The van der Waals surface area contributed by atoms with E-state index in [4.69, 9.17) is 24.0 Å². The molecule has 0 saturated carbocycles. The first-order chi connectivity index (χ1) is 16.7. The maximum absolute atomic E-state index is 12.1. The highest BCUT2D eigenvalue weighted by atomic mass is 31.2. The van der Waals surface area contributed by atoms with Gasteiger partial charge in [-0.05, 0) is 19.3 Å². The van der Waals surface area contributed by atoms with E-state index in [9.17, 15) is 14.2 Å². The molecule has 0 aliphatic carbocycles. The quantitative estimate of drug-likeness (QED) is 0.0674. The first-order valence-electron chi connectivity index (χ1n) is 13.0. The minimum atomic E-state index is -4.67. The molecule has 0 radical (unpaired) electrons. The number of hydrogen-bond donors (Lipinski definition) is 3. The van der Waals surface area contributed by atoms with Gasteiger partial charge in [0.2, 0.25) is 5.91 Å². The Morgan fingerprint density at radius 3 is 2.06 bits per heavy atom. The molecule has 0 aliphatic heterocycles. The topological polar surface area (TPSA) is 141 Å². The molecule has 0 rings (SSSR count). The van der Waals surface area contributed by atoms with Gasteiger partial charge in [-0.2, -0.15) is 0 Å². The first-order valence-corrected chi connectivity index (χ1v) is 14.6. The average molecular weight is 526 g/mol. The Morgan fingerprint density at radius 2 is 1.43 bits per heavy atom. The maximum Gasteiger partial charge on any atom is 0.469 e. The summed E-state index contributed by atoms with van der Waals surface area (Å²) in [6.07, 6.45) is 13.1. The molecular weight excluding hydrogens is 477 g/mol. The summed E-state index contributed by atoms with van der Waals surface area (Å²) in [5, 5.41) is 2.78. The van der Waals surface area contributed by atoms with Crippen molar-refractivity contribution >= 4 is 19.7 Å². The van der Waals surface area contributed by atoms with E-state index >= 15 is 0 Å². The molecule has 10 nitrogen and oxygen atoms in total. The third-order valence-corrected chi connectivity index (χ3v) is 5.76. The number of phosphoric ester groups is 1. The van der Waals surface area contributed by atoms with E-state index in [1.54, 1.807) is 0 Å². The summed E-state index contributed by atoms with van der Waals surface area (Å²) in [5.74, 6) is -0.425. The Balaban J connectivity index is 3.89. The van der Waals surface area contributed by atoms with Crippen LogP contribution in [0.1, 0.15) is 104 Å². The molecule has 0 unspecified atom stereocenters. The van der Waals surface area contributed by atoms with Crippen molar-refractivity contribution in [3.63, 3.8) is 0 Å². The minimum Gasteiger partial charge on any atom is -0.457 e. The minimum absolute atomic E-state index is 0.00155. The zero-order chi connectivity index (χ0) is 26.2. The van der Waals surface area contributed by atoms with Crippen LogP contribution in [0.2, 0.25) is 0 Å². The fourth-order valence-corrected chi connectivity index (χ4v) is 3.73. The van der Waals surface area contributed by atoms with E-state index in [0.717, 1.165) is 70.8 Å². The fourth-order valence-electron chi connectivity index (χ4n) is 3.37. The molecule has 0 aromatic heterocycles. The molecule has 3 N–H and O–H groups in total. The molecule has 0 heterocycles. The summed E-state index contributed by atoms with van der Waals surface area (Å²) in [6.45, 7) is 4.43. The number of esters is 1. The number of rotatable bonds is 25. The van der Waals surface area contributed by atoms with Crippen LogP contribution in [-0.4, -0.2) is 60.9 Å². The molecule has 0 aliphatic rings. The van der Waals surface area contributed by atoms with Gasteiger partial charge < -0.3 is 29.3 Å². The van der Waals surface area contributed by atoms with Gasteiger partial charge in [0, 0.05) is 26.5 Å². The summed E-state index contributed by atoms with van der Waals surface area (Å²) in [5.41, 5.74) is 0. The van der Waals surface area contributed by atoms with Gasteiger partial charge in [-0.1, -0.05) is 71.1 Å². The Bertz CT molecular complexity index is 571. The predicted molar refractivity (Wildman–Crippen MR) is 134 cm³/mol. The predicted octanol–water partition coefficient (Wildman–Crippen LogP) is 4.62. The lowest BCUT2D eigenvalue weighted by atomic mass is 10.1. The summed E-state index contributed by atoms with van der Waals surface area (Å²) in [7, 11) is -4.67. The molecule has 0 aromatic rings. The molecule has 208 valence electrons. The van der Waals surface area contributed by atoms with Gasteiger partial charge in [-0.15, -0.1) is 0 Å². The first kappa shape index (κ1) is 34.0. The molecule has 1 atom stereocenters. The number of ether oxygens (including phenoxy) is 3.